The molecule has 1 aliphatic rings. The van der Waals surface area contributed by atoms with E-state index in [2.05, 4.69) is 108 Å². The van der Waals surface area contributed by atoms with Gasteiger partial charge in [0, 0.05) is 42.1 Å². The van der Waals surface area contributed by atoms with Crippen LogP contribution in [0.4, 0.5) is 0 Å². The number of rotatable bonds is 7. The molecule has 3 heterocycles. The van der Waals surface area contributed by atoms with E-state index in [1.165, 1.54) is 28.5 Å². The number of benzene rings is 3. The minimum absolute atomic E-state index is 0.529. The molecule has 3 aromatic carbocycles. The van der Waals surface area contributed by atoms with Gasteiger partial charge in [0.1, 0.15) is 0 Å². The van der Waals surface area contributed by atoms with Crippen LogP contribution in [0, 0.1) is 5.41 Å². The molecule has 204 valence electrons. The molecule has 1 atom stereocenters. The first-order valence-electron chi connectivity index (χ1n) is 14.2. The molecular weight excluding hydrogens is 524 g/mol. The fraction of sp³-hybridized carbons (Fsp3) is 0.0256. The maximum absolute atomic E-state index is 8.13. The molecule has 4 heteroatoms. The molecule has 1 unspecified atom stereocenters. The SMILES string of the molecule is C=C/C=C(\C=N)c1cc(-c2cccnc2)nc(-c2cccc3c2-c2ccccc2C3(c2ccccc2)c2ccncc2)c1. The second kappa shape index (κ2) is 10.9. The van der Waals surface area contributed by atoms with Crippen molar-refractivity contribution in [3.63, 3.8) is 0 Å². The molecular formula is C39H28N4. The Kier molecular flexibility index (Phi) is 6.65. The van der Waals surface area contributed by atoms with E-state index in [4.69, 9.17) is 10.4 Å². The fourth-order valence-electron chi connectivity index (χ4n) is 6.47. The van der Waals surface area contributed by atoms with Crippen molar-refractivity contribution in [2.24, 2.45) is 0 Å². The maximum atomic E-state index is 8.13. The molecule has 3 aromatic heterocycles. The van der Waals surface area contributed by atoms with Crippen LogP contribution in [-0.4, -0.2) is 21.2 Å². The highest BCUT2D eigenvalue weighted by Crippen LogP contribution is 2.58. The van der Waals surface area contributed by atoms with Crippen molar-refractivity contribution < 1.29 is 0 Å². The lowest BCUT2D eigenvalue weighted by Gasteiger charge is -2.33. The Labute approximate surface area is 251 Å². The van der Waals surface area contributed by atoms with Gasteiger partial charge in [-0.1, -0.05) is 91.5 Å². The average molecular weight is 553 g/mol. The highest BCUT2D eigenvalue weighted by molar-refractivity contribution is 6.09. The Bertz CT molecular complexity index is 1960. The third-order valence-corrected chi connectivity index (χ3v) is 8.23. The highest BCUT2D eigenvalue weighted by atomic mass is 14.7. The van der Waals surface area contributed by atoms with Crippen molar-refractivity contribution in [2.45, 2.75) is 5.41 Å². The van der Waals surface area contributed by atoms with Crippen molar-refractivity contribution >= 4 is 11.8 Å². The van der Waals surface area contributed by atoms with Crippen molar-refractivity contribution in [2.75, 3.05) is 0 Å². The van der Waals surface area contributed by atoms with Gasteiger partial charge in [0.15, 0.2) is 0 Å². The topological polar surface area (TPSA) is 62.5 Å². The summed E-state index contributed by atoms with van der Waals surface area (Å²) in [7, 11) is 0. The van der Waals surface area contributed by atoms with Crippen LogP contribution in [0.2, 0.25) is 0 Å². The lowest BCUT2D eigenvalue weighted by atomic mass is 9.68. The van der Waals surface area contributed by atoms with Gasteiger partial charge in [-0.3, -0.25) is 9.97 Å². The fourth-order valence-corrected chi connectivity index (χ4v) is 6.47. The Morgan fingerprint density at radius 3 is 2.16 bits per heavy atom. The summed E-state index contributed by atoms with van der Waals surface area (Å²) in [5.41, 5.74) is 11.8. The Hall–Kier alpha value is -5.74. The first-order chi connectivity index (χ1) is 21.3. The van der Waals surface area contributed by atoms with Crippen molar-refractivity contribution in [3.8, 4) is 33.6 Å². The van der Waals surface area contributed by atoms with Crippen molar-refractivity contribution in [3.05, 3.63) is 181 Å². The molecule has 0 saturated heterocycles. The molecule has 6 aromatic rings. The molecule has 0 spiro atoms. The van der Waals surface area contributed by atoms with E-state index in [1.807, 2.05) is 42.9 Å². The van der Waals surface area contributed by atoms with Gasteiger partial charge in [-0.15, -0.1) is 0 Å². The van der Waals surface area contributed by atoms with Crippen LogP contribution < -0.4 is 0 Å². The number of pyridine rings is 3. The maximum Gasteiger partial charge on any atom is 0.0731 e. The van der Waals surface area contributed by atoms with E-state index in [0.717, 1.165) is 44.8 Å². The summed E-state index contributed by atoms with van der Waals surface area (Å²) < 4.78 is 0. The summed E-state index contributed by atoms with van der Waals surface area (Å²) in [5.74, 6) is 0. The summed E-state index contributed by atoms with van der Waals surface area (Å²) in [4.78, 5) is 13.9. The molecule has 0 radical (unpaired) electrons. The minimum atomic E-state index is -0.529. The second-order valence-electron chi connectivity index (χ2n) is 10.5. The number of nitrogens with zero attached hydrogens (tertiary/aromatic N) is 3. The van der Waals surface area contributed by atoms with E-state index in [9.17, 15) is 0 Å². The highest BCUT2D eigenvalue weighted by Gasteiger charge is 2.46. The van der Waals surface area contributed by atoms with Crippen LogP contribution in [0.25, 0.3) is 39.2 Å². The first kappa shape index (κ1) is 26.2. The van der Waals surface area contributed by atoms with Crippen LogP contribution in [-0.2, 0) is 5.41 Å². The minimum Gasteiger partial charge on any atom is -0.308 e. The van der Waals surface area contributed by atoms with Gasteiger partial charge in [0.2, 0.25) is 0 Å². The number of aromatic nitrogens is 3. The Morgan fingerprint density at radius 1 is 0.674 bits per heavy atom. The molecule has 0 amide bonds. The zero-order chi connectivity index (χ0) is 29.2. The number of allylic oxidation sites excluding steroid dienone is 3. The first-order valence-corrected chi connectivity index (χ1v) is 14.2. The van der Waals surface area contributed by atoms with E-state index < -0.39 is 5.41 Å². The number of hydrogen-bond acceptors (Lipinski definition) is 4. The van der Waals surface area contributed by atoms with Gasteiger partial charge in [-0.05, 0) is 80.9 Å². The number of hydrogen-bond donors (Lipinski definition) is 1. The predicted molar refractivity (Wildman–Crippen MR) is 175 cm³/mol. The molecule has 1 N–H and O–H groups in total. The van der Waals surface area contributed by atoms with Gasteiger partial charge in [0.25, 0.3) is 0 Å². The largest absolute Gasteiger partial charge is 0.308 e. The number of nitrogens with one attached hydrogen (secondary N) is 1. The molecule has 0 fully saturated rings. The summed E-state index contributed by atoms with van der Waals surface area (Å²) in [6.07, 6.45) is 12.3. The average Bonchev–Trinajstić information content (AvgIpc) is 3.39. The molecule has 1 aliphatic carbocycles. The lowest BCUT2D eigenvalue weighted by molar-refractivity contribution is 0.766. The van der Waals surface area contributed by atoms with E-state index in [1.54, 1.807) is 12.3 Å². The van der Waals surface area contributed by atoms with Crippen molar-refractivity contribution in [1.82, 2.24) is 15.0 Å². The molecule has 0 bridgehead atoms. The smallest absolute Gasteiger partial charge is 0.0731 e. The van der Waals surface area contributed by atoms with Gasteiger partial charge < -0.3 is 5.41 Å². The standard InChI is InChI=1S/C39H28N4/c1-2-10-27(25-40)29-23-36(28-11-9-20-42-26-28)43-37(24-29)33-15-8-17-35-38(33)32-14-6-7-16-34(32)39(35,30-12-4-3-5-13-30)31-18-21-41-22-19-31/h2-26,40H,1H2/b27-10+,40-25?. The van der Waals surface area contributed by atoms with Gasteiger partial charge in [-0.2, -0.15) is 0 Å². The monoisotopic (exact) mass is 552 g/mol. The van der Waals surface area contributed by atoms with E-state index in [-0.39, 0.29) is 0 Å². The zero-order valence-corrected chi connectivity index (χ0v) is 23.5. The third kappa shape index (κ3) is 4.23. The van der Waals surface area contributed by atoms with Gasteiger partial charge >= 0.3 is 0 Å². The van der Waals surface area contributed by atoms with Crippen molar-refractivity contribution in [1.29, 1.82) is 5.41 Å². The van der Waals surface area contributed by atoms with Crippen LogP contribution in [0.15, 0.2) is 153 Å². The van der Waals surface area contributed by atoms with E-state index in [0.29, 0.717) is 0 Å². The molecule has 0 aliphatic heterocycles. The van der Waals surface area contributed by atoms with Crippen LogP contribution >= 0.6 is 0 Å². The quantitative estimate of drug-likeness (QED) is 0.159. The van der Waals surface area contributed by atoms with Crippen LogP contribution in [0.1, 0.15) is 27.8 Å². The predicted octanol–water partition coefficient (Wildman–Crippen LogP) is 8.79. The Morgan fingerprint density at radius 2 is 1.40 bits per heavy atom. The van der Waals surface area contributed by atoms with Gasteiger partial charge in [-0.25, -0.2) is 4.98 Å². The van der Waals surface area contributed by atoms with E-state index >= 15 is 0 Å². The molecule has 7 rings (SSSR count). The molecule has 4 nitrogen and oxygen atoms in total. The normalized spacial score (nSPS) is 15.4. The Balaban J connectivity index is 1.57. The summed E-state index contributed by atoms with van der Waals surface area (Å²) in [6, 6.07) is 38.2. The summed E-state index contributed by atoms with van der Waals surface area (Å²) >= 11 is 0. The summed E-state index contributed by atoms with van der Waals surface area (Å²) in [6.45, 7) is 3.87. The number of fused-ring (bicyclic) bond motifs is 3. The molecule has 0 saturated carbocycles. The van der Waals surface area contributed by atoms with Gasteiger partial charge in [0.05, 0.1) is 16.8 Å². The molecule has 43 heavy (non-hydrogen) atoms. The summed E-state index contributed by atoms with van der Waals surface area (Å²) in [5, 5.41) is 8.13. The third-order valence-electron chi connectivity index (χ3n) is 8.23. The lowest BCUT2D eigenvalue weighted by Crippen LogP contribution is -2.28. The zero-order valence-electron chi connectivity index (χ0n) is 23.5. The van der Waals surface area contributed by atoms with Crippen LogP contribution in [0.5, 0.6) is 0 Å². The van der Waals surface area contributed by atoms with Crippen LogP contribution in [0.3, 0.4) is 0 Å². The second-order valence-corrected chi connectivity index (χ2v) is 10.5.